The van der Waals surface area contributed by atoms with E-state index in [1.54, 1.807) is 24.4 Å². The predicted octanol–water partition coefficient (Wildman–Crippen LogP) is 3.99. The molecule has 6 nitrogen and oxygen atoms in total. The molecule has 1 aromatic heterocycles. The number of hydrogen-bond acceptors (Lipinski definition) is 5. The second-order valence-corrected chi connectivity index (χ2v) is 6.19. The Hall–Kier alpha value is -2.63. The molecule has 0 atom stereocenters. The molecule has 3 rings (SSSR count). The Kier molecular flexibility index (Phi) is 5.48. The van der Waals surface area contributed by atoms with Crippen LogP contribution in [0.25, 0.3) is 11.3 Å². The van der Waals surface area contributed by atoms with Gasteiger partial charge < -0.3 is 15.2 Å². The molecule has 1 aliphatic carbocycles. The summed E-state index contributed by atoms with van der Waals surface area (Å²) in [6.45, 7) is 2.25. The van der Waals surface area contributed by atoms with Crippen LogP contribution in [0.15, 0.2) is 30.5 Å². The summed E-state index contributed by atoms with van der Waals surface area (Å²) in [5.41, 5.74) is 1.56. The van der Waals surface area contributed by atoms with Crippen LogP contribution in [0.2, 0.25) is 0 Å². The minimum absolute atomic E-state index is 0.139. The van der Waals surface area contributed by atoms with Crippen molar-refractivity contribution in [3.8, 4) is 17.0 Å². The standard InChI is InChI=1S/C19H23N3O3/c1-2-25-17-9-8-13(12-15(17)18(23)24)16-10-11-20-19(22-16)21-14-6-4-3-5-7-14/h8-12,14H,2-7H2,1H3,(H,23,24)(H,20,21,22). The molecule has 1 heterocycles. The molecule has 0 unspecified atom stereocenters. The third kappa shape index (κ3) is 4.26. The number of carboxylic acids is 1. The van der Waals surface area contributed by atoms with E-state index in [2.05, 4.69) is 15.3 Å². The maximum atomic E-state index is 11.5. The highest BCUT2D eigenvalue weighted by molar-refractivity contribution is 5.92. The minimum atomic E-state index is -1.01. The van der Waals surface area contributed by atoms with Gasteiger partial charge in [0.15, 0.2) is 0 Å². The summed E-state index contributed by atoms with van der Waals surface area (Å²) in [7, 11) is 0. The van der Waals surface area contributed by atoms with Gasteiger partial charge in [-0.05, 0) is 44.0 Å². The van der Waals surface area contributed by atoms with Crippen LogP contribution in [-0.4, -0.2) is 33.7 Å². The summed E-state index contributed by atoms with van der Waals surface area (Å²) in [5, 5.41) is 12.8. The monoisotopic (exact) mass is 341 g/mol. The molecule has 0 amide bonds. The van der Waals surface area contributed by atoms with Gasteiger partial charge in [-0.1, -0.05) is 19.3 Å². The first-order valence-electron chi connectivity index (χ1n) is 8.77. The average Bonchev–Trinajstić information content (AvgIpc) is 2.63. The number of hydrogen-bond donors (Lipinski definition) is 2. The molecule has 1 saturated carbocycles. The second-order valence-electron chi connectivity index (χ2n) is 6.19. The zero-order valence-electron chi connectivity index (χ0n) is 14.4. The lowest BCUT2D eigenvalue weighted by molar-refractivity contribution is 0.0692. The van der Waals surface area contributed by atoms with E-state index in [1.165, 1.54) is 19.3 Å². The first-order valence-corrected chi connectivity index (χ1v) is 8.77. The van der Waals surface area contributed by atoms with Crippen molar-refractivity contribution in [1.29, 1.82) is 0 Å². The first kappa shape index (κ1) is 17.2. The van der Waals surface area contributed by atoms with Crippen molar-refractivity contribution in [3.63, 3.8) is 0 Å². The molecule has 0 aliphatic heterocycles. The van der Waals surface area contributed by atoms with E-state index in [4.69, 9.17) is 4.74 Å². The summed E-state index contributed by atoms with van der Waals surface area (Å²) in [4.78, 5) is 20.3. The predicted molar refractivity (Wildman–Crippen MR) is 96.1 cm³/mol. The van der Waals surface area contributed by atoms with Gasteiger partial charge in [0.1, 0.15) is 11.3 Å². The number of rotatable bonds is 6. The Bertz CT molecular complexity index is 742. The van der Waals surface area contributed by atoms with Crippen molar-refractivity contribution in [2.24, 2.45) is 0 Å². The van der Waals surface area contributed by atoms with Gasteiger partial charge in [0, 0.05) is 17.8 Å². The highest BCUT2D eigenvalue weighted by Gasteiger charge is 2.16. The fourth-order valence-electron chi connectivity index (χ4n) is 3.16. The number of ether oxygens (including phenoxy) is 1. The van der Waals surface area contributed by atoms with Gasteiger partial charge >= 0.3 is 5.97 Å². The van der Waals surface area contributed by atoms with Crippen molar-refractivity contribution in [2.75, 3.05) is 11.9 Å². The van der Waals surface area contributed by atoms with E-state index in [0.29, 0.717) is 30.0 Å². The maximum Gasteiger partial charge on any atom is 0.339 e. The lowest BCUT2D eigenvalue weighted by Crippen LogP contribution is -2.23. The third-order valence-electron chi connectivity index (χ3n) is 4.40. The Morgan fingerprint density at radius 1 is 1.28 bits per heavy atom. The van der Waals surface area contributed by atoms with Gasteiger partial charge in [0.2, 0.25) is 5.95 Å². The molecule has 0 spiro atoms. The van der Waals surface area contributed by atoms with Crippen LogP contribution >= 0.6 is 0 Å². The van der Waals surface area contributed by atoms with Gasteiger partial charge in [-0.15, -0.1) is 0 Å². The molecule has 6 heteroatoms. The maximum absolute atomic E-state index is 11.5. The zero-order chi connectivity index (χ0) is 17.6. The largest absolute Gasteiger partial charge is 0.493 e. The topological polar surface area (TPSA) is 84.3 Å². The van der Waals surface area contributed by atoms with Crippen LogP contribution in [-0.2, 0) is 0 Å². The second kappa shape index (κ2) is 7.96. The molecule has 0 saturated heterocycles. The van der Waals surface area contributed by atoms with E-state index in [9.17, 15) is 9.90 Å². The fourth-order valence-corrected chi connectivity index (χ4v) is 3.16. The van der Waals surface area contributed by atoms with Crippen molar-refractivity contribution in [3.05, 3.63) is 36.0 Å². The number of nitrogens with one attached hydrogen (secondary N) is 1. The van der Waals surface area contributed by atoms with Crippen LogP contribution in [0.1, 0.15) is 49.4 Å². The highest BCUT2D eigenvalue weighted by Crippen LogP contribution is 2.27. The van der Waals surface area contributed by atoms with E-state index >= 15 is 0 Å². The van der Waals surface area contributed by atoms with Crippen LogP contribution in [0.3, 0.4) is 0 Å². The molecule has 2 aromatic rings. The first-order chi connectivity index (χ1) is 12.2. The highest BCUT2D eigenvalue weighted by atomic mass is 16.5. The fraction of sp³-hybridized carbons (Fsp3) is 0.421. The molecule has 1 aliphatic rings. The molecular formula is C19H23N3O3. The van der Waals surface area contributed by atoms with Crippen molar-refractivity contribution in [1.82, 2.24) is 9.97 Å². The zero-order valence-corrected chi connectivity index (χ0v) is 14.4. The molecule has 0 radical (unpaired) electrons. The van der Waals surface area contributed by atoms with Crippen LogP contribution in [0.4, 0.5) is 5.95 Å². The quantitative estimate of drug-likeness (QED) is 0.826. The van der Waals surface area contributed by atoms with Gasteiger partial charge in [-0.2, -0.15) is 0 Å². The molecule has 1 fully saturated rings. The Labute approximate surface area is 147 Å². The number of carbonyl (C=O) groups is 1. The van der Waals surface area contributed by atoms with Crippen LogP contribution < -0.4 is 10.1 Å². The molecule has 25 heavy (non-hydrogen) atoms. The Morgan fingerprint density at radius 2 is 2.08 bits per heavy atom. The number of anilines is 1. The third-order valence-corrected chi connectivity index (χ3v) is 4.40. The van der Waals surface area contributed by atoms with Crippen molar-refractivity contribution < 1.29 is 14.6 Å². The summed E-state index contributed by atoms with van der Waals surface area (Å²) >= 11 is 0. The van der Waals surface area contributed by atoms with Crippen LogP contribution in [0.5, 0.6) is 5.75 Å². The molecular weight excluding hydrogens is 318 g/mol. The number of carboxylic acid groups (broad SMARTS) is 1. The summed E-state index contributed by atoms with van der Waals surface area (Å²) < 4.78 is 5.39. The number of aromatic carboxylic acids is 1. The normalized spacial score (nSPS) is 14.9. The van der Waals surface area contributed by atoms with Crippen molar-refractivity contribution >= 4 is 11.9 Å². The molecule has 132 valence electrons. The Morgan fingerprint density at radius 3 is 2.80 bits per heavy atom. The summed E-state index contributed by atoms with van der Waals surface area (Å²) in [6, 6.07) is 7.30. The van der Waals surface area contributed by atoms with E-state index in [0.717, 1.165) is 18.4 Å². The SMILES string of the molecule is CCOc1ccc(-c2ccnc(NC3CCCCC3)n2)cc1C(=O)O. The number of aromatic nitrogens is 2. The molecule has 1 aromatic carbocycles. The summed E-state index contributed by atoms with van der Waals surface area (Å²) in [6.07, 6.45) is 7.74. The van der Waals surface area contributed by atoms with E-state index < -0.39 is 5.97 Å². The smallest absolute Gasteiger partial charge is 0.339 e. The van der Waals surface area contributed by atoms with E-state index in [1.807, 2.05) is 13.0 Å². The van der Waals surface area contributed by atoms with Gasteiger partial charge in [0.25, 0.3) is 0 Å². The van der Waals surface area contributed by atoms with E-state index in [-0.39, 0.29) is 5.56 Å². The Balaban J connectivity index is 1.84. The van der Waals surface area contributed by atoms with Gasteiger partial charge in [0.05, 0.1) is 12.3 Å². The minimum Gasteiger partial charge on any atom is -0.493 e. The van der Waals surface area contributed by atoms with Gasteiger partial charge in [-0.25, -0.2) is 14.8 Å². The average molecular weight is 341 g/mol. The molecule has 0 bridgehead atoms. The summed E-state index contributed by atoms with van der Waals surface area (Å²) in [5.74, 6) is -0.0524. The lowest BCUT2D eigenvalue weighted by atomic mass is 9.96. The lowest BCUT2D eigenvalue weighted by Gasteiger charge is -2.22. The number of benzene rings is 1. The molecule has 2 N–H and O–H groups in total. The van der Waals surface area contributed by atoms with Crippen molar-refractivity contribution in [2.45, 2.75) is 45.1 Å². The number of nitrogens with zero attached hydrogens (tertiary/aromatic N) is 2. The van der Waals surface area contributed by atoms with Crippen LogP contribution in [0, 0.1) is 0 Å². The van der Waals surface area contributed by atoms with Gasteiger partial charge in [-0.3, -0.25) is 0 Å².